The van der Waals surface area contributed by atoms with Crippen LogP contribution in [0, 0.1) is 5.82 Å². The Morgan fingerprint density at radius 3 is 2.64 bits per heavy atom. The normalized spacial score (nSPS) is 11.2. The minimum atomic E-state index is -3.67. The smallest absolute Gasteiger partial charge is 0.232 e. The number of nitrogens with one attached hydrogen (secondary N) is 1. The molecule has 0 atom stereocenters. The minimum absolute atomic E-state index is 0.0472. The molecule has 0 radical (unpaired) electrons. The van der Waals surface area contributed by atoms with Crippen molar-refractivity contribution < 1.29 is 22.3 Å². The van der Waals surface area contributed by atoms with E-state index in [0.29, 0.717) is 19.6 Å². The van der Waals surface area contributed by atoms with Gasteiger partial charge in [-0.2, -0.15) is 0 Å². The lowest BCUT2D eigenvalue weighted by molar-refractivity contribution is -0.120. The average Bonchev–Trinajstić information content (AvgIpc) is 2.44. The van der Waals surface area contributed by atoms with Crippen LogP contribution >= 0.6 is 0 Å². The topological polar surface area (TPSA) is 75.7 Å². The van der Waals surface area contributed by atoms with Gasteiger partial charge in [-0.05, 0) is 18.6 Å². The van der Waals surface area contributed by atoms with Gasteiger partial charge >= 0.3 is 0 Å². The van der Waals surface area contributed by atoms with Crippen LogP contribution in [0.25, 0.3) is 0 Å². The minimum Gasteiger partial charge on any atom is -0.385 e. The largest absolute Gasteiger partial charge is 0.385 e. The Hall–Kier alpha value is -1.67. The number of ether oxygens (including phenoxy) is 1. The second kappa shape index (κ2) is 8.70. The summed E-state index contributed by atoms with van der Waals surface area (Å²) in [6.07, 6.45) is 1.61. The van der Waals surface area contributed by atoms with Crippen molar-refractivity contribution in [1.29, 1.82) is 0 Å². The summed E-state index contributed by atoms with van der Waals surface area (Å²) in [4.78, 5) is 11.7. The van der Waals surface area contributed by atoms with E-state index in [1.54, 1.807) is 13.2 Å². The van der Waals surface area contributed by atoms with Crippen LogP contribution in [0.2, 0.25) is 0 Å². The number of sulfonamides is 1. The first-order valence-electron chi connectivity index (χ1n) is 6.84. The fourth-order valence-electron chi connectivity index (χ4n) is 1.85. The highest BCUT2D eigenvalue weighted by atomic mass is 32.2. The number of amides is 1. The summed E-state index contributed by atoms with van der Waals surface area (Å²) in [5.41, 5.74) is -0.0582. The van der Waals surface area contributed by atoms with Crippen LogP contribution in [0.5, 0.6) is 0 Å². The lowest BCUT2D eigenvalue weighted by Gasteiger charge is -2.22. The van der Waals surface area contributed by atoms with Crippen LogP contribution in [0.1, 0.15) is 12.8 Å². The summed E-state index contributed by atoms with van der Waals surface area (Å²) in [6, 6.07) is 5.56. The first-order chi connectivity index (χ1) is 10.4. The van der Waals surface area contributed by atoms with E-state index in [2.05, 4.69) is 5.32 Å². The third kappa shape index (κ3) is 5.98. The second-order valence-electron chi connectivity index (χ2n) is 4.73. The van der Waals surface area contributed by atoms with Crippen molar-refractivity contribution in [3.05, 3.63) is 30.1 Å². The molecule has 0 aliphatic heterocycles. The highest BCUT2D eigenvalue weighted by Crippen LogP contribution is 2.21. The molecule has 1 aromatic carbocycles. The third-order valence-corrected chi connectivity index (χ3v) is 4.09. The molecule has 124 valence electrons. The van der Waals surface area contributed by atoms with Crippen LogP contribution in [-0.2, 0) is 19.6 Å². The lowest BCUT2D eigenvalue weighted by atomic mass is 10.3. The number of hydrogen-bond donors (Lipinski definition) is 1. The SMILES string of the molecule is COCCCNC(=O)CCN(c1ccccc1F)S(C)(=O)=O. The van der Waals surface area contributed by atoms with Crippen molar-refractivity contribution in [3.8, 4) is 0 Å². The fourth-order valence-corrected chi connectivity index (χ4v) is 2.78. The average molecular weight is 332 g/mol. The Bertz CT molecular complexity index is 592. The Morgan fingerprint density at radius 1 is 1.36 bits per heavy atom. The maximum atomic E-state index is 13.8. The number of para-hydroxylation sites is 1. The number of anilines is 1. The van der Waals surface area contributed by atoms with Crippen LogP contribution in [0.4, 0.5) is 10.1 Å². The molecule has 0 bridgehead atoms. The molecule has 0 saturated carbocycles. The summed E-state index contributed by atoms with van der Waals surface area (Å²) in [5, 5.41) is 2.66. The van der Waals surface area contributed by atoms with Crippen molar-refractivity contribution in [3.63, 3.8) is 0 Å². The molecule has 1 N–H and O–H groups in total. The molecule has 0 aliphatic carbocycles. The molecular formula is C14H21FN2O4S. The summed E-state index contributed by atoms with van der Waals surface area (Å²) < 4.78 is 43.1. The molecule has 0 fully saturated rings. The van der Waals surface area contributed by atoms with E-state index in [1.165, 1.54) is 18.2 Å². The Morgan fingerprint density at radius 2 is 2.05 bits per heavy atom. The maximum Gasteiger partial charge on any atom is 0.232 e. The summed E-state index contributed by atoms with van der Waals surface area (Å²) in [5.74, 6) is -0.936. The predicted molar refractivity (Wildman–Crippen MR) is 82.7 cm³/mol. The van der Waals surface area contributed by atoms with Crippen molar-refractivity contribution in [1.82, 2.24) is 5.32 Å². The maximum absolute atomic E-state index is 13.8. The second-order valence-corrected chi connectivity index (χ2v) is 6.64. The Labute approximate surface area is 130 Å². The number of nitrogens with zero attached hydrogens (tertiary/aromatic N) is 1. The van der Waals surface area contributed by atoms with E-state index >= 15 is 0 Å². The van der Waals surface area contributed by atoms with Gasteiger partial charge in [0.1, 0.15) is 5.82 Å². The summed E-state index contributed by atoms with van der Waals surface area (Å²) in [6.45, 7) is 0.867. The van der Waals surface area contributed by atoms with Crippen molar-refractivity contribution in [2.24, 2.45) is 0 Å². The Kier molecular flexibility index (Phi) is 7.26. The van der Waals surface area contributed by atoms with Crippen LogP contribution < -0.4 is 9.62 Å². The van der Waals surface area contributed by atoms with Gasteiger partial charge in [-0.25, -0.2) is 12.8 Å². The van der Waals surface area contributed by atoms with Crippen LogP contribution in [-0.4, -0.2) is 47.4 Å². The van der Waals surface area contributed by atoms with Crippen LogP contribution in [0.3, 0.4) is 0 Å². The molecule has 1 aromatic rings. The van der Waals surface area contributed by atoms with E-state index < -0.39 is 15.8 Å². The van der Waals surface area contributed by atoms with E-state index in [1.807, 2.05) is 0 Å². The van der Waals surface area contributed by atoms with Gasteiger partial charge in [0.25, 0.3) is 0 Å². The van der Waals surface area contributed by atoms with Gasteiger partial charge in [-0.1, -0.05) is 12.1 Å². The Balaban J connectivity index is 2.65. The first kappa shape index (κ1) is 18.4. The van der Waals surface area contributed by atoms with Gasteiger partial charge in [0, 0.05) is 33.2 Å². The molecule has 8 heteroatoms. The third-order valence-electron chi connectivity index (χ3n) is 2.91. The number of methoxy groups -OCH3 is 1. The lowest BCUT2D eigenvalue weighted by Crippen LogP contribution is -2.35. The summed E-state index contributed by atoms with van der Waals surface area (Å²) >= 11 is 0. The van der Waals surface area contributed by atoms with E-state index in [9.17, 15) is 17.6 Å². The molecule has 22 heavy (non-hydrogen) atoms. The number of rotatable bonds is 9. The predicted octanol–water partition coefficient (Wildman–Crippen LogP) is 1.13. The molecule has 0 unspecified atom stereocenters. The zero-order chi connectivity index (χ0) is 16.6. The number of carbonyl (C=O) groups excluding carboxylic acids is 1. The molecule has 6 nitrogen and oxygen atoms in total. The fraction of sp³-hybridized carbons (Fsp3) is 0.500. The standard InChI is InChI=1S/C14H21FN2O4S/c1-21-11-5-9-16-14(18)8-10-17(22(2,19)20)13-7-4-3-6-12(13)15/h3-4,6-7H,5,8-11H2,1-2H3,(H,16,18). The molecule has 0 aromatic heterocycles. The number of halogens is 1. The van der Waals surface area contributed by atoms with Crippen molar-refractivity contribution in [2.45, 2.75) is 12.8 Å². The zero-order valence-electron chi connectivity index (χ0n) is 12.7. The highest BCUT2D eigenvalue weighted by molar-refractivity contribution is 7.92. The molecule has 0 spiro atoms. The van der Waals surface area contributed by atoms with Crippen LogP contribution in [0.15, 0.2) is 24.3 Å². The van der Waals surface area contributed by atoms with Gasteiger partial charge in [0.15, 0.2) is 0 Å². The number of hydrogen-bond acceptors (Lipinski definition) is 4. The van der Waals surface area contributed by atoms with Gasteiger partial charge in [-0.3, -0.25) is 9.10 Å². The van der Waals surface area contributed by atoms with E-state index in [4.69, 9.17) is 4.74 Å². The molecule has 1 rings (SSSR count). The molecular weight excluding hydrogens is 311 g/mol. The zero-order valence-corrected chi connectivity index (χ0v) is 13.5. The van der Waals surface area contributed by atoms with Gasteiger partial charge in [0.2, 0.25) is 15.9 Å². The van der Waals surface area contributed by atoms with Crippen molar-refractivity contribution >= 4 is 21.6 Å². The van der Waals surface area contributed by atoms with Gasteiger partial charge in [-0.15, -0.1) is 0 Å². The van der Waals surface area contributed by atoms with Gasteiger partial charge < -0.3 is 10.1 Å². The summed E-state index contributed by atoms with van der Waals surface area (Å²) in [7, 11) is -2.10. The quantitative estimate of drug-likeness (QED) is 0.688. The number of benzene rings is 1. The van der Waals surface area contributed by atoms with E-state index in [0.717, 1.165) is 10.6 Å². The highest BCUT2D eigenvalue weighted by Gasteiger charge is 2.21. The molecule has 0 heterocycles. The number of carbonyl (C=O) groups is 1. The molecule has 0 aliphatic rings. The van der Waals surface area contributed by atoms with E-state index in [-0.39, 0.29) is 24.6 Å². The first-order valence-corrected chi connectivity index (χ1v) is 8.69. The van der Waals surface area contributed by atoms with Crippen molar-refractivity contribution in [2.75, 3.05) is 37.4 Å². The monoisotopic (exact) mass is 332 g/mol. The molecule has 0 saturated heterocycles. The van der Waals surface area contributed by atoms with Gasteiger partial charge in [0.05, 0.1) is 11.9 Å². The molecule has 1 amide bonds.